The second-order valence-corrected chi connectivity index (χ2v) is 2.41. The van der Waals surface area contributed by atoms with Gasteiger partial charge < -0.3 is 4.74 Å². The van der Waals surface area contributed by atoms with Crippen molar-refractivity contribution in [2.24, 2.45) is 7.05 Å². The van der Waals surface area contributed by atoms with E-state index in [1.54, 1.807) is 0 Å². The number of nitrogens with zero attached hydrogens (tertiary/aromatic N) is 3. The standard InChI is InChI=1S/C6H9N3O/c1-9-6-2-3-10-4-5(6)7-8-9/h2-4H2,1H3. The highest BCUT2D eigenvalue weighted by molar-refractivity contribution is 5.10. The van der Waals surface area contributed by atoms with E-state index in [0.717, 1.165) is 18.7 Å². The lowest BCUT2D eigenvalue weighted by Crippen LogP contribution is -2.11. The summed E-state index contributed by atoms with van der Waals surface area (Å²) in [6.07, 6.45) is 0.943. The molecule has 0 bridgehead atoms. The Labute approximate surface area is 58.8 Å². The number of fused-ring (bicyclic) bond motifs is 1. The number of aryl methyl sites for hydroxylation is 1. The number of hydrogen-bond acceptors (Lipinski definition) is 3. The predicted octanol–water partition coefficient (Wildman–Crippen LogP) is -0.112. The first-order valence-corrected chi connectivity index (χ1v) is 3.33. The molecule has 0 radical (unpaired) electrons. The van der Waals surface area contributed by atoms with Gasteiger partial charge in [0, 0.05) is 13.5 Å². The number of rotatable bonds is 0. The maximum absolute atomic E-state index is 5.19. The third-order valence-corrected chi connectivity index (χ3v) is 1.75. The van der Waals surface area contributed by atoms with Crippen molar-refractivity contribution in [1.82, 2.24) is 15.0 Å². The van der Waals surface area contributed by atoms with E-state index in [1.807, 2.05) is 11.7 Å². The smallest absolute Gasteiger partial charge is 0.112 e. The Bertz CT molecular complexity index is 243. The molecular weight excluding hydrogens is 130 g/mol. The maximum atomic E-state index is 5.19. The normalized spacial score (nSPS) is 16.9. The molecule has 2 rings (SSSR count). The third kappa shape index (κ3) is 0.724. The van der Waals surface area contributed by atoms with Gasteiger partial charge in [-0.05, 0) is 0 Å². The molecule has 0 N–H and O–H groups in total. The molecule has 0 amide bonds. The average Bonchev–Trinajstić information content (AvgIpc) is 2.34. The summed E-state index contributed by atoms with van der Waals surface area (Å²) in [7, 11) is 1.91. The SMILES string of the molecule is Cn1nnc2c1CCOC2. The highest BCUT2D eigenvalue weighted by Crippen LogP contribution is 2.11. The molecule has 1 aromatic heterocycles. The number of hydrogen-bond donors (Lipinski definition) is 0. The first kappa shape index (κ1) is 5.85. The zero-order valence-corrected chi connectivity index (χ0v) is 5.87. The van der Waals surface area contributed by atoms with Crippen LogP contribution in [0.2, 0.25) is 0 Å². The van der Waals surface area contributed by atoms with E-state index < -0.39 is 0 Å². The highest BCUT2D eigenvalue weighted by Gasteiger charge is 2.14. The van der Waals surface area contributed by atoms with Gasteiger partial charge in [0.1, 0.15) is 5.69 Å². The van der Waals surface area contributed by atoms with E-state index >= 15 is 0 Å². The van der Waals surface area contributed by atoms with Crippen molar-refractivity contribution in [1.29, 1.82) is 0 Å². The molecule has 0 spiro atoms. The zero-order chi connectivity index (χ0) is 6.97. The topological polar surface area (TPSA) is 39.9 Å². The molecule has 0 unspecified atom stereocenters. The molecule has 0 aliphatic carbocycles. The first-order valence-electron chi connectivity index (χ1n) is 3.33. The highest BCUT2D eigenvalue weighted by atomic mass is 16.5. The summed E-state index contributed by atoms with van der Waals surface area (Å²) < 4.78 is 7.01. The van der Waals surface area contributed by atoms with Crippen LogP contribution in [-0.2, 0) is 24.8 Å². The van der Waals surface area contributed by atoms with Crippen molar-refractivity contribution < 1.29 is 4.74 Å². The van der Waals surface area contributed by atoms with E-state index in [4.69, 9.17) is 4.74 Å². The quantitative estimate of drug-likeness (QED) is 0.503. The summed E-state index contributed by atoms with van der Waals surface area (Å²) in [4.78, 5) is 0. The van der Waals surface area contributed by atoms with Gasteiger partial charge in [-0.3, -0.25) is 4.68 Å². The Morgan fingerprint density at radius 1 is 1.60 bits per heavy atom. The molecule has 1 aliphatic heterocycles. The lowest BCUT2D eigenvalue weighted by molar-refractivity contribution is 0.106. The molecule has 0 saturated heterocycles. The van der Waals surface area contributed by atoms with Crippen LogP contribution in [0.3, 0.4) is 0 Å². The third-order valence-electron chi connectivity index (χ3n) is 1.75. The van der Waals surface area contributed by atoms with Crippen molar-refractivity contribution in [2.75, 3.05) is 6.61 Å². The molecular formula is C6H9N3O. The van der Waals surface area contributed by atoms with Crippen LogP contribution in [0.25, 0.3) is 0 Å². The fraction of sp³-hybridized carbons (Fsp3) is 0.667. The molecule has 2 heterocycles. The van der Waals surface area contributed by atoms with Gasteiger partial charge in [0.2, 0.25) is 0 Å². The van der Waals surface area contributed by atoms with E-state index in [2.05, 4.69) is 10.3 Å². The molecule has 54 valence electrons. The lowest BCUT2D eigenvalue weighted by atomic mass is 10.2. The summed E-state index contributed by atoms with van der Waals surface area (Å²) in [5.74, 6) is 0. The van der Waals surface area contributed by atoms with Gasteiger partial charge >= 0.3 is 0 Å². The number of aromatic nitrogens is 3. The van der Waals surface area contributed by atoms with Crippen LogP contribution >= 0.6 is 0 Å². The van der Waals surface area contributed by atoms with Crippen LogP contribution in [0.1, 0.15) is 11.4 Å². The van der Waals surface area contributed by atoms with Crippen molar-refractivity contribution in [3.63, 3.8) is 0 Å². The summed E-state index contributed by atoms with van der Waals surface area (Å²) >= 11 is 0. The Hall–Kier alpha value is -0.900. The van der Waals surface area contributed by atoms with Crippen LogP contribution < -0.4 is 0 Å². The van der Waals surface area contributed by atoms with E-state index in [-0.39, 0.29) is 0 Å². The molecule has 0 atom stereocenters. The van der Waals surface area contributed by atoms with Crippen LogP contribution in [0.4, 0.5) is 0 Å². The molecule has 0 fully saturated rings. The lowest BCUT2D eigenvalue weighted by Gasteiger charge is -2.10. The van der Waals surface area contributed by atoms with Crippen LogP contribution in [0, 0.1) is 0 Å². The Morgan fingerprint density at radius 2 is 2.50 bits per heavy atom. The minimum atomic E-state index is 0.628. The largest absolute Gasteiger partial charge is 0.375 e. The van der Waals surface area contributed by atoms with Gasteiger partial charge in [0.15, 0.2) is 0 Å². The monoisotopic (exact) mass is 139 g/mol. The van der Waals surface area contributed by atoms with Crippen LogP contribution in [-0.4, -0.2) is 21.6 Å². The molecule has 0 saturated carbocycles. The molecule has 1 aliphatic rings. The van der Waals surface area contributed by atoms with Gasteiger partial charge in [-0.2, -0.15) is 0 Å². The second-order valence-electron chi connectivity index (χ2n) is 2.41. The van der Waals surface area contributed by atoms with Crippen LogP contribution in [0.15, 0.2) is 0 Å². The Balaban J connectivity index is 2.45. The average molecular weight is 139 g/mol. The molecule has 0 aromatic carbocycles. The summed E-state index contributed by atoms with van der Waals surface area (Å²) in [5, 5.41) is 7.83. The van der Waals surface area contributed by atoms with Gasteiger partial charge in [-0.25, -0.2) is 0 Å². The first-order chi connectivity index (χ1) is 4.88. The van der Waals surface area contributed by atoms with Gasteiger partial charge in [-0.15, -0.1) is 5.10 Å². The maximum Gasteiger partial charge on any atom is 0.112 e. The molecule has 4 nitrogen and oxygen atoms in total. The van der Waals surface area contributed by atoms with Crippen LogP contribution in [0.5, 0.6) is 0 Å². The fourth-order valence-electron chi connectivity index (χ4n) is 1.18. The van der Waals surface area contributed by atoms with E-state index in [0.29, 0.717) is 6.61 Å². The van der Waals surface area contributed by atoms with Gasteiger partial charge in [0.05, 0.1) is 18.9 Å². The summed E-state index contributed by atoms with van der Waals surface area (Å²) in [6, 6.07) is 0. The molecule has 10 heavy (non-hydrogen) atoms. The Morgan fingerprint density at radius 3 is 3.30 bits per heavy atom. The van der Waals surface area contributed by atoms with E-state index in [9.17, 15) is 0 Å². The van der Waals surface area contributed by atoms with Crippen molar-refractivity contribution in [3.8, 4) is 0 Å². The molecule has 4 heteroatoms. The summed E-state index contributed by atoms with van der Waals surface area (Å²) in [6.45, 7) is 1.43. The molecule has 1 aromatic rings. The van der Waals surface area contributed by atoms with E-state index in [1.165, 1.54) is 5.69 Å². The zero-order valence-electron chi connectivity index (χ0n) is 5.87. The van der Waals surface area contributed by atoms with Crippen molar-refractivity contribution >= 4 is 0 Å². The van der Waals surface area contributed by atoms with Crippen molar-refractivity contribution in [3.05, 3.63) is 11.4 Å². The minimum absolute atomic E-state index is 0.628. The van der Waals surface area contributed by atoms with Gasteiger partial charge in [-0.1, -0.05) is 5.21 Å². The number of ether oxygens (including phenoxy) is 1. The van der Waals surface area contributed by atoms with Crippen molar-refractivity contribution in [2.45, 2.75) is 13.0 Å². The fourth-order valence-corrected chi connectivity index (χ4v) is 1.18. The predicted molar refractivity (Wildman–Crippen MR) is 34.4 cm³/mol. The summed E-state index contributed by atoms with van der Waals surface area (Å²) in [5.41, 5.74) is 2.21. The Kier molecular flexibility index (Phi) is 1.20. The van der Waals surface area contributed by atoms with Gasteiger partial charge in [0.25, 0.3) is 0 Å². The second kappa shape index (κ2) is 2.05. The minimum Gasteiger partial charge on any atom is -0.375 e.